The number of nitro groups is 1. The normalized spacial score (nSPS) is 10.5. The van der Waals surface area contributed by atoms with Gasteiger partial charge in [-0.05, 0) is 12.1 Å². The van der Waals surface area contributed by atoms with E-state index in [0.29, 0.717) is 10.7 Å². The van der Waals surface area contributed by atoms with Gasteiger partial charge in [-0.25, -0.2) is 0 Å². The number of nitrogens with zero attached hydrogens (tertiary/aromatic N) is 3. The van der Waals surface area contributed by atoms with E-state index in [0.717, 1.165) is 0 Å². The lowest BCUT2D eigenvalue weighted by atomic mass is 10.1. The summed E-state index contributed by atoms with van der Waals surface area (Å²) in [7, 11) is 0. The van der Waals surface area contributed by atoms with E-state index in [-0.39, 0.29) is 5.69 Å². The maximum absolute atomic E-state index is 11.5. The molecule has 1 N–H and O–H groups in total. The minimum atomic E-state index is -0.498. The molecule has 7 nitrogen and oxygen atoms in total. The first-order valence-electron chi connectivity index (χ1n) is 5.15. The lowest BCUT2D eigenvalue weighted by Gasteiger charge is -1.97. The number of hydrogen-bond donors (Lipinski definition) is 1. The maximum atomic E-state index is 11.5. The standard InChI is InChI=1S/C11H8N4O3S/c16-10(13-11-14-12-7-19-11)6-5-8-3-1-2-4-9(8)15(17)18/h1-7H,(H,13,14,16). The third kappa shape index (κ3) is 3.42. The molecule has 2 rings (SSSR count). The first-order valence-corrected chi connectivity index (χ1v) is 6.03. The topological polar surface area (TPSA) is 98.0 Å². The van der Waals surface area contributed by atoms with Gasteiger partial charge < -0.3 is 0 Å². The summed E-state index contributed by atoms with van der Waals surface area (Å²) in [6.07, 6.45) is 2.60. The summed E-state index contributed by atoms with van der Waals surface area (Å²) in [6.45, 7) is 0. The molecule has 0 unspecified atom stereocenters. The number of anilines is 1. The first kappa shape index (κ1) is 12.8. The molecule has 8 heteroatoms. The lowest BCUT2D eigenvalue weighted by Crippen LogP contribution is -2.07. The van der Waals surface area contributed by atoms with Gasteiger partial charge in [0.2, 0.25) is 11.0 Å². The number of nitrogens with one attached hydrogen (secondary N) is 1. The number of benzene rings is 1. The Morgan fingerprint density at radius 1 is 1.42 bits per heavy atom. The smallest absolute Gasteiger partial charge is 0.276 e. The minimum Gasteiger partial charge on any atom is -0.297 e. The molecule has 96 valence electrons. The van der Waals surface area contributed by atoms with Crippen molar-refractivity contribution in [3.05, 3.63) is 51.5 Å². The molecule has 0 aliphatic carbocycles. The molecule has 1 heterocycles. The predicted octanol–water partition coefficient (Wildman–Crippen LogP) is 2.10. The second-order valence-electron chi connectivity index (χ2n) is 3.38. The number of amides is 1. The van der Waals surface area contributed by atoms with Crippen molar-refractivity contribution in [1.29, 1.82) is 0 Å². The largest absolute Gasteiger partial charge is 0.297 e. The van der Waals surface area contributed by atoms with Crippen LogP contribution in [-0.2, 0) is 4.79 Å². The van der Waals surface area contributed by atoms with Crippen LogP contribution >= 0.6 is 11.3 Å². The Morgan fingerprint density at radius 2 is 2.21 bits per heavy atom. The van der Waals surface area contributed by atoms with E-state index in [1.807, 2.05) is 0 Å². The summed E-state index contributed by atoms with van der Waals surface area (Å²) < 4.78 is 0. The fourth-order valence-corrected chi connectivity index (χ4v) is 1.78. The summed E-state index contributed by atoms with van der Waals surface area (Å²) in [5.41, 5.74) is 1.80. The average molecular weight is 276 g/mol. The Hall–Kier alpha value is -2.61. The number of carbonyl (C=O) groups is 1. The van der Waals surface area contributed by atoms with Crippen LogP contribution in [0.2, 0.25) is 0 Å². The van der Waals surface area contributed by atoms with Gasteiger partial charge in [-0.15, -0.1) is 10.2 Å². The van der Waals surface area contributed by atoms with Crippen molar-refractivity contribution in [2.45, 2.75) is 0 Å². The van der Waals surface area contributed by atoms with Crippen LogP contribution in [0.1, 0.15) is 5.56 Å². The van der Waals surface area contributed by atoms with Gasteiger partial charge in [0.25, 0.3) is 5.69 Å². The molecule has 0 saturated heterocycles. The van der Waals surface area contributed by atoms with E-state index >= 15 is 0 Å². The highest BCUT2D eigenvalue weighted by molar-refractivity contribution is 7.13. The molecule has 0 radical (unpaired) electrons. The van der Waals surface area contributed by atoms with Gasteiger partial charge in [0.15, 0.2) is 0 Å². The Kier molecular flexibility index (Phi) is 3.94. The van der Waals surface area contributed by atoms with Crippen molar-refractivity contribution in [2.24, 2.45) is 0 Å². The van der Waals surface area contributed by atoms with Crippen LogP contribution in [0.15, 0.2) is 35.9 Å². The number of nitro benzene ring substituents is 1. The number of hydrogen-bond acceptors (Lipinski definition) is 6. The summed E-state index contributed by atoms with van der Waals surface area (Å²) in [5, 5.41) is 20.9. The number of rotatable bonds is 4. The van der Waals surface area contributed by atoms with Crippen molar-refractivity contribution in [3.63, 3.8) is 0 Å². The van der Waals surface area contributed by atoms with Crippen LogP contribution in [0.25, 0.3) is 6.08 Å². The summed E-state index contributed by atoms with van der Waals surface area (Å²) >= 11 is 1.18. The van der Waals surface area contributed by atoms with Crippen molar-refractivity contribution in [3.8, 4) is 0 Å². The zero-order valence-electron chi connectivity index (χ0n) is 9.52. The molecule has 1 aromatic carbocycles. The third-order valence-corrected chi connectivity index (χ3v) is 2.74. The van der Waals surface area contributed by atoms with E-state index in [2.05, 4.69) is 15.5 Å². The molecule has 0 aliphatic rings. The van der Waals surface area contributed by atoms with Crippen LogP contribution in [0.5, 0.6) is 0 Å². The molecule has 19 heavy (non-hydrogen) atoms. The molecular weight excluding hydrogens is 268 g/mol. The Labute approximate surface area is 111 Å². The highest BCUT2D eigenvalue weighted by Gasteiger charge is 2.09. The molecule has 0 fully saturated rings. The fraction of sp³-hybridized carbons (Fsp3) is 0. The van der Waals surface area contributed by atoms with Crippen LogP contribution in [0.3, 0.4) is 0 Å². The van der Waals surface area contributed by atoms with Gasteiger partial charge in [0.1, 0.15) is 5.51 Å². The molecule has 1 aromatic heterocycles. The van der Waals surface area contributed by atoms with Crippen LogP contribution in [0.4, 0.5) is 10.8 Å². The van der Waals surface area contributed by atoms with Gasteiger partial charge in [-0.3, -0.25) is 20.2 Å². The monoisotopic (exact) mass is 276 g/mol. The molecule has 0 saturated carbocycles. The van der Waals surface area contributed by atoms with Crippen LogP contribution in [-0.4, -0.2) is 21.0 Å². The lowest BCUT2D eigenvalue weighted by molar-refractivity contribution is -0.385. The maximum Gasteiger partial charge on any atom is 0.276 e. The van der Waals surface area contributed by atoms with Gasteiger partial charge in [0.05, 0.1) is 10.5 Å². The molecule has 2 aromatic rings. The summed E-state index contributed by atoms with van der Waals surface area (Å²) in [4.78, 5) is 21.8. The third-order valence-electron chi connectivity index (χ3n) is 2.14. The van der Waals surface area contributed by atoms with Gasteiger partial charge >= 0.3 is 0 Å². The fourth-order valence-electron chi connectivity index (χ4n) is 1.33. The Bertz CT molecular complexity index is 625. The summed E-state index contributed by atoms with van der Waals surface area (Å²) in [5.74, 6) is -0.421. The predicted molar refractivity (Wildman–Crippen MR) is 70.7 cm³/mol. The van der Waals surface area contributed by atoms with Gasteiger partial charge in [0, 0.05) is 12.1 Å². The average Bonchev–Trinajstić information content (AvgIpc) is 2.89. The molecule has 0 spiro atoms. The van der Waals surface area contributed by atoms with Crippen molar-refractivity contribution in [1.82, 2.24) is 10.2 Å². The zero-order valence-corrected chi connectivity index (χ0v) is 10.3. The van der Waals surface area contributed by atoms with Crippen molar-refractivity contribution < 1.29 is 9.72 Å². The highest BCUT2D eigenvalue weighted by atomic mass is 32.1. The number of para-hydroxylation sites is 1. The molecule has 0 aliphatic heterocycles. The Morgan fingerprint density at radius 3 is 2.89 bits per heavy atom. The van der Waals surface area contributed by atoms with Crippen molar-refractivity contribution in [2.75, 3.05) is 5.32 Å². The van der Waals surface area contributed by atoms with Crippen LogP contribution in [0, 0.1) is 10.1 Å². The number of aromatic nitrogens is 2. The molecular formula is C11H8N4O3S. The second kappa shape index (κ2) is 5.83. The van der Waals surface area contributed by atoms with Gasteiger partial charge in [-0.1, -0.05) is 23.5 Å². The Balaban J connectivity index is 2.10. The SMILES string of the molecule is O=C(C=Cc1ccccc1[N+](=O)[O-])Nc1nncs1. The van der Waals surface area contributed by atoms with Gasteiger partial charge in [-0.2, -0.15) is 0 Å². The van der Waals surface area contributed by atoms with Crippen LogP contribution < -0.4 is 5.32 Å². The molecule has 0 atom stereocenters. The summed E-state index contributed by atoms with van der Waals surface area (Å²) in [6, 6.07) is 6.17. The number of carbonyl (C=O) groups excluding carboxylic acids is 1. The van der Waals surface area contributed by atoms with E-state index in [4.69, 9.17) is 0 Å². The van der Waals surface area contributed by atoms with E-state index < -0.39 is 10.8 Å². The van der Waals surface area contributed by atoms with Crippen molar-refractivity contribution >= 4 is 34.1 Å². The molecule has 1 amide bonds. The zero-order chi connectivity index (χ0) is 13.7. The first-order chi connectivity index (χ1) is 9.16. The van der Waals surface area contributed by atoms with E-state index in [1.165, 1.54) is 35.1 Å². The second-order valence-corrected chi connectivity index (χ2v) is 4.22. The van der Waals surface area contributed by atoms with E-state index in [1.54, 1.807) is 18.2 Å². The highest BCUT2D eigenvalue weighted by Crippen LogP contribution is 2.19. The molecule has 0 bridgehead atoms. The van der Waals surface area contributed by atoms with E-state index in [9.17, 15) is 14.9 Å². The quantitative estimate of drug-likeness (QED) is 0.524. The minimum absolute atomic E-state index is 0.0533.